The molecule has 25 heavy (non-hydrogen) atoms. The molecule has 1 aliphatic rings. The maximum atomic E-state index is 13.0. The van der Waals surface area contributed by atoms with Crippen LogP contribution in [0, 0.1) is 5.41 Å². The van der Waals surface area contributed by atoms with E-state index in [9.17, 15) is 4.79 Å². The molecule has 0 unspecified atom stereocenters. The number of hydrogen-bond donors (Lipinski definition) is 0. The molecule has 0 amide bonds. The summed E-state index contributed by atoms with van der Waals surface area (Å²) in [5.74, 6) is 0.265. The Balaban J connectivity index is 2.27. The third kappa shape index (κ3) is 4.59. The molecule has 1 aromatic rings. The SMILES string of the molecule is CCO[Si](CCc1cccc2c1C(=O)C(C)(C)CC2)(OCC)OCC. The Morgan fingerprint density at radius 2 is 1.64 bits per heavy atom. The Hall–Kier alpha value is -1.01. The van der Waals surface area contributed by atoms with Gasteiger partial charge in [-0.25, -0.2) is 0 Å². The Labute approximate surface area is 153 Å². The predicted molar refractivity (Wildman–Crippen MR) is 102 cm³/mol. The maximum Gasteiger partial charge on any atom is 0.501 e. The molecular weight excluding hydrogens is 332 g/mol. The van der Waals surface area contributed by atoms with Crippen molar-refractivity contribution >= 4 is 14.6 Å². The fraction of sp³-hybridized carbons (Fsp3) is 0.650. The van der Waals surface area contributed by atoms with Gasteiger partial charge in [0.2, 0.25) is 0 Å². The van der Waals surface area contributed by atoms with Crippen LogP contribution in [0.25, 0.3) is 0 Å². The van der Waals surface area contributed by atoms with E-state index in [1.165, 1.54) is 5.56 Å². The molecule has 5 heteroatoms. The van der Waals surface area contributed by atoms with Gasteiger partial charge in [-0.05, 0) is 51.2 Å². The zero-order valence-corrected chi connectivity index (χ0v) is 17.3. The van der Waals surface area contributed by atoms with Gasteiger partial charge in [0.1, 0.15) is 0 Å². The maximum absolute atomic E-state index is 13.0. The minimum Gasteiger partial charge on any atom is -0.374 e. The fourth-order valence-electron chi connectivity index (χ4n) is 3.55. The molecule has 1 aromatic carbocycles. The van der Waals surface area contributed by atoms with Gasteiger partial charge in [-0.15, -0.1) is 0 Å². The monoisotopic (exact) mass is 364 g/mol. The van der Waals surface area contributed by atoms with E-state index in [0.717, 1.165) is 30.4 Å². The molecule has 4 nitrogen and oxygen atoms in total. The van der Waals surface area contributed by atoms with Gasteiger partial charge in [0.25, 0.3) is 0 Å². The van der Waals surface area contributed by atoms with Crippen LogP contribution in [0.2, 0.25) is 6.04 Å². The molecule has 0 aromatic heterocycles. The van der Waals surface area contributed by atoms with Crippen molar-refractivity contribution in [2.75, 3.05) is 19.8 Å². The van der Waals surface area contributed by atoms with Gasteiger partial charge < -0.3 is 13.3 Å². The number of aryl methyl sites for hydroxylation is 2. The second kappa shape index (κ2) is 8.58. The summed E-state index contributed by atoms with van der Waals surface area (Å²) in [6.07, 6.45) is 2.63. The van der Waals surface area contributed by atoms with Crippen LogP contribution in [0.3, 0.4) is 0 Å². The molecular formula is C20H32O4Si. The summed E-state index contributed by atoms with van der Waals surface area (Å²) in [5, 5.41) is 0. The lowest BCUT2D eigenvalue weighted by molar-refractivity contribution is 0.0711. The van der Waals surface area contributed by atoms with Gasteiger partial charge in [0.05, 0.1) is 0 Å². The molecule has 1 aliphatic carbocycles. The zero-order valence-electron chi connectivity index (χ0n) is 16.3. The summed E-state index contributed by atoms with van der Waals surface area (Å²) in [6, 6.07) is 6.92. The lowest BCUT2D eigenvalue weighted by Gasteiger charge is -2.32. The van der Waals surface area contributed by atoms with Gasteiger partial charge in [-0.3, -0.25) is 4.79 Å². The summed E-state index contributed by atoms with van der Waals surface area (Å²) in [4.78, 5) is 13.0. The molecule has 0 bridgehead atoms. The number of carbonyl (C=O) groups is 1. The number of hydrogen-bond acceptors (Lipinski definition) is 4. The summed E-state index contributed by atoms with van der Waals surface area (Å²) >= 11 is 0. The van der Waals surface area contributed by atoms with Crippen molar-refractivity contribution in [3.05, 3.63) is 34.9 Å². The Kier molecular flexibility index (Phi) is 6.97. The van der Waals surface area contributed by atoms with Crippen molar-refractivity contribution in [1.82, 2.24) is 0 Å². The first kappa shape index (κ1) is 20.3. The Morgan fingerprint density at radius 1 is 1.04 bits per heavy atom. The molecule has 0 heterocycles. The van der Waals surface area contributed by atoms with Gasteiger partial charge in [-0.2, -0.15) is 0 Å². The minimum absolute atomic E-state index is 0.265. The smallest absolute Gasteiger partial charge is 0.374 e. The van der Waals surface area contributed by atoms with Crippen molar-refractivity contribution in [2.24, 2.45) is 5.41 Å². The summed E-state index contributed by atoms with van der Waals surface area (Å²) < 4.78 is 17.9. The highest BCUT2D eigenvalue weighted by atomic mass is 28.4. The third-order valence-corrected chi connectivity index (χ3v) is 7.94. The average molecular weight is 365 g/mol. The summed E-state index contributed by atoms with van der Waals surface area (Å²) in [7, 11) is -2.69. The second-order valence-corrected chi connectivity index (χ2v) is 9.88. The lowest BCUT2D eigenvalue weighted by Crippen LogP contribution is -2.46. The van der Waals surface area contributed by atoms with Crippen molar-refractivity contribution in [1.29, 1.82) is 0 Å². The predicted octanol–water partition coefficient (Wildman–Crippen LogP) is 4.43. The number of carbonyl (C=O) groups excluding carboxylic acids is 1. The summed E-state index contributed by atoms with van der Waals surface area (Å²) in [5.41, 5.74) is 2.92. The highest BCUT2D eigenvalue weighted by molar-refractivity contribution is 6.60. The van der Waals surface area contributed by atoms with Crippen LogP contribution in [0.5, 0.6) is 0 Å². The van der Waals surface area contributed by atoms with Gasteiger partial charge in [0, 0.05) is 36.8 Å². The first-order valence-corrected chi connectivity index (χ1v) is 11.4. The average Bonchev–Trinajstić information content (AvgIpc) is 2.57. The van der Waals surface area contributed by atoms with E-state index in [4.69, 9.17) is 13.3 Å². The van der Waals surface area contributed by atoms with Gasteiger partial charge >= 0.3 is 8.80 Å². The van der Waals surface area contributed by atoms with Crippen LogP contribution >= 0.6 is 0 Å². The quantitative estimate of drug-likeness (QED) is 0.608. The Bertz CT molecular complexity index is 580. The molecule has 0 aliphatic heterocycles. The van der Waals surface area contributed by atoms with Crippen LogP contribution in [0.4, 0.5) is 0 Å². The second-order valence-electron chi connectivity index (χ2n) is 7.15. The minimum atomic E-state index is -2.69. The standard InChI is InChI=1S/C20H32O4Si/c1-6-22-25(23-7-2,24-8-3)15-13-17-11-9-10-16-12-14-20(4,5)19(21)18(16)17/h9-11H,6-8,12-15H2,1-5H3. The van der Waals surface area contributed by atoms with E-state index in [1.54, 1.807) is 0 Å². The molecule has 0 N–H and O–H groups in total. The van der Waals surface area contributed by atoms with Crippen molar-refractivity contribution in [3.8, 4) is 0 Å². The molecule has 0 fully saturated rings. The molecule has 0 radical (unpaired) electrons. The Morgan fingerprint density at radius 3 is 2.20 bits per heavy atom. The first-order chi connectivity index (χ1) is 11.9. The van der Waals surface area contributed by atoms with Gasteiger partial charge in [0.15, 0.2) is 5.78 Å². The largest absolute Gasteiger partial charge is 0.501 e. The highest BCUT2D eigenvalue weighted by Crippen LogP contribution is 2.37. The highest BCUT2D eigenvalue weighted by Gasteiger charge is 2.41. The van der Waals surface area contributed by atoms with Crippen LogP contribution in [0.1, 0.15) is 62.5 Å². The van der Waals surface area contributed by atoms with Crippen molar-refractivity contribution < 1.29 is 18.1 Å². The molecule has 0 saturated heterocycles. The van der Waals surface area contributed by atoms with E-state index in [-0.39, 0.29) is 11.2 Å². The molecule has 0 atom stereocenters. The number of ketones is 1. The van der Waals surface area contributed by atoms with Gasteiger partial charge in [-0.1, -0.05) is 32.0 Å². The van der Waals surface area contributed by atoms with Crippen LogP contribution in [-0.4, -0.2) is 34.4 Å². The zero-order chi connectivity index (χ0) is 18.5. The number of rotatable bonds is 9. The normalized spacial score (nSPS) is 16.8. The van der Waals surface area contributed by atoms with E-state index in [2.05, 4.69) is 32.0 Å². The van der Waals surface area contributed by atoms with Crippen molar-refractivity contribution in [2.45, 2.75) is 59.9 Å². The van der Waals surface area contributed by atoms with Crippen LogP contribution in [-0.2, 0) is 26.1 Å². The van der Waals surface area contributed by atoms with E-state index in [0.29, 0.717) is 25.9 Å². The number of fused-ring (bicyclic) bond motifs is 1. The van der Waals surface area contributed by atoms with E-state index >= 15 is 0 Å². The number of benzene rings is 1. The first-order valence-electron chi connectivity index (χ1n) is 9.46. The molecule has 2 rings (SSSR count). The fourth-order valence-corrected chi connectivity index (χ4v) is 6.13. The van der Waals surface area contributed by atoms with E-state index in [1.807, 2.05) is 20.8 Å². The lowest BCUT2D eigenvalue weighted by atomic mass is 9.72. The van der Waals surface area contributed by atoms with E-state index < -0.39 is 8.80 Å². The molecule has 0 spiro atoms. The summed E-state index contributed by atoms with van der Waals surface area (Å²) in [6.45, 7) is 11.7. The molecule has 140 valence electrons. The topological polar surface area (TPSA) is 44.8 Å². The third-order valence-electron chi connectivity index (χ3n) is 4.89. The number of Topliss-reactive ketones (excluding diaryl/α,β-unsaturated/α-hetero) is 1. The van der Waals surface area contributed by atoms with Crippen molar-refractivity contribution in [3.63, 3.8) is 0 Å². The van der Waals surface area contributed by atoms with Crippen LogP contribution < -0.4 is 0 Å². The van der Waals surface area contributed by atoms with Crippen LogP contribution in [0.15, 0.2) is 18.2 Å². The molecule has 0 saturated carbocycles.